The smallest absolute Gasteiger partial charge is 0.0796 e. The van der Waals surface area contributed by atoms with E-state index in [-0.39, 0.29) is 0 Å². The summed E-state index contributed by atoms with van der Waals surface area (Å²) >= 11 is 0. The van der Waals surface area contributed by atoms with Crippen molar-refractivity contribution in [2.45, 2.75) is 65.2 Å². The van der Waals surface area contributed by atoms with Gasteiger partial charge < -0.3 is 5.21 Å². The van der Waals surface area contributed by atoms with Gasteiger partial charge in [0.2, 0.25) is 0 Å². The predicted molar refractivity (Wildman–Crippen MR) is 116 cm³/mol. The molecule has 5 aliphatic carbocycles. The second-order valence-electron chi connectivity index (χ2n) is 11.0. The molecular weight excluding hydrogens is 356 g/mol. The molecule has 3 heteroatoms. The van der Waals surface area contributed by atoms with E-state index in [0.29, 0.717) is 16.2 Å². The summed E-state index contributed by atoms with van der Waals surface area (Å²) in [6.07, 6.45) is 18.8. The maximum atomic E-state index is 9.41. The van der Waals surface area contributed by atoms with Gasteiger partial charge in [0.05, 0.1) is 5.71 Å². The molecule has 0 radical (unpaired) electrons. The zero-order chi connectivity index (χ0) is 19.9. The summed E-state index contributed by atoms with van der Waals surface area (Å²) in [6.45, 7) is 5.10. The lowest BCUT2D eigenvalue weighted by Gasteiger charge is -2.60. The highest BCUT2D eigenvalue weighted by atomic mass is 16.4. The van der Waals surface area contributed by atoms with E-state index in [2.05, 4.69) is 54.5 Å². The molecule has 5 atom stereocenters. The van der Waals surface area contributed by atoms with E-state index in [1.165, 1.54) is 44.1 Å². The molecule has 0 saturated heterocycles. The number of oxime groups is 1. The molecule has 1 spiro atoms. The first kappa shape index (κ1) is 17.9. The van der Waals surface area contributed by atoms with Crippen molar-refractivity contribution in [3.05, 3.63) is 47.8 Å². The molecule has 0 amide bonds. The third-order valence-corrected chi connectivity index (χ3v) is 9.82. The van der Waals surface area contributed by atoms with Crippen molar-refractivity contribution in [3.8, 4) is 0 Å². The number of aromatic nitrogens is 1. The van der Waals surface area contributed by atoms with Crippen LogP contribution in [0.2, 0.25) is 0 Å². The van der Waals surface area contributed by atoms with Gasteiger partial charge in [0.25, 0.3) is 0 Å². The van der Waals surface area contributed by atoms with Gasteiger partial charge in [0.1, 0.15) is 0 Å². The van der Waals surface area contributed by atoms with Crippen molar-refractivity contribution < 1.29 is 5.21 Å². The fourth-order valence-electron chi connectivity index (χ4n) is 8.23. The van der Waals surface area contributed by atoms with Crippen LogP contribution in [-0.2, 0) is 0 Å². The van der Waals surface area contributed by atoms with Crippen molar-refractivity contribution in [2.24, 2.45) is 39.2 Å². The predicted octanol–water partition coefficient (Wildman–Crippen LogP) is 6.26. The highest BCUT2D eigenvalue weighted by Crippen LogP contribution is 2.74. The van der Waals surface area contributed by atoms with E-state index in [0.717, 1.165) is 36.3 Å². The molecule has 3 nitrogen and oxygen atoms in total. The summed E-state index contributed by atoms with van der Waals surface area (Å²) in [4.78, 5) is 4.41. The highest BCUT2D eigenvalue weighted by molar-refractivity contribution is 5.96. The normalized spacial score (nSPS) is 43.2. The molecule has 1 aromatic rings. The molecule has 1 N–H and O–H groups in total. The summed E-state index contributed by atoms with van der Waals surface area (Å²) in [7, 11) is 0. The Morgan fingerprint density at radius 3 is 2.69 bits per heavy atom. The van der Waals surface area contributed by atoms with Gasteiger partial charge in [0, 0.05) is 12.4 Å². The van der Waals surface area contributed by atoms with Crippen LogP contribution in [0.5, 0.6) is 0 Å². The minimum absolute atomic E-state index is 0.296. The summed E-state index contributed by atoms with van der Waals surface area (Å²) in [6, 6.07) is 4.33. The molecule has 1 heterocycles. The van der Waals surface area contributed by atoms with E-state index in [1.807, 2.05) is 6.20 Å². The van der Waals surface area contributed by atoms with Crippen molar-refractivity contribution in [1.82, 2.24) is 4.98 Å². The first-order valence-electron chi connectivity index (χ1n) is 11.5. The maximum absolute atomic E-state index is 9.41. The second kappa shape index (κ2) is 5.83. The summed E-state index contributed by atoms with van der Waals surface area (Å²) < 4.78 is 0. The Morgan fingerprint density at radius 2 is 1.97 bits per heavy atom. The molecule has 6 rings (SSSR count). The number of hydrogen-bond acceptors (Lipinski definition) is 3. The van der Waals surface area contributed by atoms with Crippen LogP contribution in [0, 0.1) is 34.0 Å². The van der Waals surface area contributed by atoms with Crippen LogP contribution in [0.15, 0.2) is 47.4 Å². The third kappa shape index (κ3) is 2.30. The van der Waals surface area contributed by atoms with Crippen LogP contribution in [0.25, 0.3) is 5.57 Å². The van der Waals surface area contributed by atoms with Gasteiger partial charge in [-0.2, -0.15) is 0 Å². The summed E-state index contributed by atoms with van der Waals surface area (Å²) in [5, 5.41) is 13.0. The van der Waals surface area contributed by atoms with Crippen molar-refractivity contribution in [2.75, 3.05) is 0 Å². The number of rotatable bonds is 1. The second-order valence-corrected chi connectivity index (χ2v) is 11.0. The van der Waals surface area contributed by atoms with Crippen molar-refractivity contribution >= 4 is 11.3 Å². The minimum Gasteiger partial charge on any atom is -0.411 e. The molecule has 29 heavy (non-hydrogen) atoms. The van der Waals surface area contributed by atoms with Crippen LogP contribution >= 0.6 is 0 Å². The number of nitrogens with zero attached hydrogens (tertiary/aromatic N) is 2. The summed E-state index contributed by atoms with van der Waals surface area (Å²) in [5.41, 5.74) is 6.44. The van der Waals surface area contributed by atoms with E-state index in [9.17, 15) is 5.21 Å². The van der Waals surface area contributed by atoms with Crippen molar-refractivity contribution in [1.29, 1.82) is 0 Å². The molecule has 0 aliphatic heterocycles. The van der Waals surface area contributed by atoms with Gasteiger partial charge in [-0.15, -0.1) is 0 Å². The van der Waals surface area contributed by atoms with Gasteiger partial charge >= 0.3 is 0 Å². The lowest BCUT2D eigenvalue weighted by molar-refractivity contribution is -0.0389. The Balaban J connectivity index is 1.39. The highest BCUT2D eigenvalue weighted by Gasteiger charge is 2.65. The Kier molecular flexibility index (Phi) is 3.60. The molecular formula is C26H32N2O. The monoisotopic (exact) mass is 388 g/mol. The third-order valence-electron chi connectivity index (χ3n) is 9.82. The van der Waals surface area contributed by atoms with Gasteiger partial charge in [-0.3, -0.25) is 4.98 Å². The number of pyridine rings is 1. The number of fused-ring (bicyclic) bond motifs is 6. The number of hydrogen-bond donors (Lipinski definition) is 1. The van der Waals surface area contributed by atoms with Gasteiger partial charge in [-0.25, -0.2) is 0 Å². The minimum atomic E-state index is 0.296. The van der Waals surface area contributed by atoms with Crippen LogP contribution in [0.3, 0.4) is 0 Å². The van der Waals surface area contributed by atoms with E-state index >= 15 is 0 Å². The topological polar surface area (TPSA) is 45.5 Å². The Labute approximate surface area is 174 Å². The fourth-order valence-corrected chi connectivity index (χ4v) is 8.23. The first-order chi connectivity index (χ1) is 14.0. The standard InChI is InChI=1S/C26H32N2O/c1-24-10-8-22-19(21(24)6-5-20(24)17-4-3-13-27-16-17)15-26(11-12-26)23-14-18(28-29)7-9-25(22,23)2/h3-5,13-14,16,19,21-22,29H,6-12,15H2,1-2H3/t19-,21-,22-,24+,25+/m0/s1. The lowest BCUT2D eigenvalue weighted by atomic mass is 9.44. The fraction of sp³-hybridized carbons (Fsp3) is 0.615. The molecule has 1 aromatic heterocycles. The van der Waals surface area contributed by atoms with Crippen LogP contribution in [0.1, 0.15) is 70.8 Å². The van der Waals surface area contributed by atoms with E-state index in [1.54, 1.807) is 11.1 Å². The molecule has 152 valence electrons. The molecule has 0 aromatic carbocycles. The van der Waals surface area contributed by atoms with Gasteiger partial charge in [-0.05, 0) is 109 Å². The quantitative estimate of drug-likeness (QED) is 0.456. The Morgan fingerprint density at radius 1 is 1.10 bits per heavy atom. The maximum Gasteiger partial charge on any atom is 0.0796 e. The zero-order valence-electron chi connectivity index (χ0n) is 17.7. The molecule has 3 saturated carbocycles. The van der Waals surface area contributed by atoms with Gasteiger partial charge in [0.15, 0.2) is 0 Å². The van der Waals surface area contributed by atoms with E-state index < -0.39 is 0 Å². The summed E-state index contributed by atoms with van der Waals surface area (Å²) in [5.74, 6) is 2.36. The average Bonchev–Trinajstić information content (AvgIpc) is 3.41. The van der Waals surface area contributed by atoms with Crippen LogP contribution in [0.4, 0.5) is 0 Å². The van der Waals surface area contributed by atoms with Crippen LogP contribution in [-0.4, -0.2) is 15.9 Å². The lowest BCUT2D eigenvalue weighted by Crippen LogP contribution is -2.52. The molecule has 5 aliphatic rings. The van der Waals surface area contributed by atoms with Gasteiger partial charge in [-0.1, -0.05) is 36.7 Å². The van der Waals surface area contributed by atoms with Crippen molar-refractivity contribution in [3.63, 3.8) is 0 Å². The largest absolute Gasteiger partial charge is 0.411 e. The van der Waals surface area contributed by atoms with E-state index in [4.69, 9.17) is 0 Å². The van der Waals surface area contributed by atoms with Crippen LogP contribution < -0.4 is 0 Å². The average molecular weight is 389 g/mol. The SMILES string of the molecule is C[C@]12CCC(=NO)C=C1C1(CC1)C[C@@H]1[C@@H]2CC[C@]2(C)C(c3cccnc3)=CC[C@@H]12. The number of allylic oxidation sites excluding steroid dienone is 4. The molecule has 3 fully saturated rings. The first-order valence-corrected chi connectivity index (χ1v) is 11.5. The Bertz CT molecular complexity index is 941. The Hall–Kier alpha value is -1.90. The molecule has 0 bridgehead atoms. The molecule has 0 unspecified atom stereocenters. The zero-order valence-corrected chi connectivity index (χ0v) is 17.7.